The SMILES string of the molecule is CCOC(=O)c1c(C)[nH]c(C(=O)CSc2nc3ccccc3n2CC)c1C. The van der Waals surface area contributed by atoms with Crippen molar-refractivity contribution in [1.82, 2.24) is 14.5 Å². The fraction of sp³-hybridized carbons (Fsp3) is 0.350. The fourth-order valence-corrected chi connectivity index (χ4v) is 4.16. The van der Waals surface area contributed by atoms with Crippen LogP contribution in [0.3, 0.4) is 0 Å². The van der Waals surface area contributed by atoms with Crippen LogP contribution in [-0.4, -0.2) is 38.6 Å². The highest BCUT2D eigenvalue weighted by Crippen LogP contribution is 2.26. The third-order valence-corrected chi connectivity index (χ3v) is 5.44. The molecule has 0 bridgehead atoms. The number of ketones is 1. The lowest BCUT2D eigenvalue weighted by atomic mass is 10.1. The Hall–Kier alpha value is -2.54. The lowest BCUT2D eigenvalue weighted by Gasteiger charge is -2.05. The van der Waals surface area contributed by atoms with Crippen LogP contribution in [0.5, 0.6) is 0 Å². The summed E-state index contributed by atoms with van der Waals surface area (Å²) < 4.78 is 7.19. The molecule has 0 aliphatic heterocycles. The van der Waals surface area contributed by atoms with Crippen molar-refractivity contribution in [2.24, 2.45) is 0 Å². The average Bonchev–Trinajstić information content (AvgIpc) is 3.16. The number of fused-ring (bicyclic) bond motifs is 1. The van der Waals surface area contributed by atoms with E-state index in [2.05, 4.69) is 21.5 Å². The van der Waals surface area contributed by atoms with E-state index in [0.717, 1.165) is 22.7 Å². The minimum Gasteiger partial charge on any atom is -0.462 e. The monoisotopic (exact) mass is 385 g/mol. The number of hydrogen-bond acceptors (Lipinski definition) is 5. The molecule has 142 valence electrons. The third kappa shape index (κ3) is 3.64. The fourth-order valence-electron chi connectivity index (χ4n) is 3.21. The van der Waals surface area contributed by atoms with Gasteiger partial charge in [-0.1, -0.05) is 23.9 Å². The molecule has 1 aromatic carbocycles. The Kier molecular flexibility index (Phi) is 5.70. The highest BCUT2D eigenvalue weighted by Gasteiger charge is 2.23. The van der Waals surface area contributed by atoms with Crippen LogP contribution >= 0.6 is 11.8 Å². The van der Waals surface area contributed by atoms with Crippen molar-refractivity contribution in [3.63, 3.8) is 0 Å². The largest absolute Gasteiger partial charge is 0.462 e. The van der Waals surface area contributed by atoms with Gasteiger partial charge in [-0.2, -0.15) is 0 Å². The summed E-state index contributed by atoms with van der Waals surface area (Å²) in [6.07, 6.45) is 0. The van der Waals surface area contributed by atoms with Gasteiger partial charge in [-0.05, 0) is 45.4 Å². The topological polar surface area (TPSA) is 77.0 Å². The normalized spacial score (nSPS) is 11.1. The number of para-hydroxylation sites is 2. The van der Waals surface area contributed by atoms with Gasteiger partial charge >= 0.3 is 5.97 Å². The summed E-state index contributed by atoms with van der Waals surface area (Å²) in [5.41, 5.74) is 4.19. The Morgan fingerprint density at radius 2 is 1.96 bits per heavy atom. The predicted octanol–water partition coefficient (Wildman–Crippen LogP) is 4.15. The lowest BCUT2D eigenvalue weighted by molar-refractivity contribution is 0.0525. The predicted molar refractivity (Wildman–Crippen MR) is 107 cm³/mol. The number of rotatable bonds is 7. The molecule has 27 heavy (non-hydrogen) atoms. The molecule has 3 rings (SSSR count). The van der Waals surface area contributed by atoms with Crippen LogP contribution in [0.1, 0.15) is 46.0 Å². The van der Waals surface area contributed by atoms with Gasteiger partial charge in [0.05, 0.1) is 34.7 Å². The summed E-state index contributed by atoms with van der Waals surface area (Å²) in [7, 11) is 0. The molecule has 0 amide bonds. The van der Waals surface area contributed by atoms with Gasteiger partial charge in [0, 0.05) is 12.2 Å². The summed E-state index contributed by atoms with van der Waals surface area (Å²) in [6.45, 7) is 8.45. The summed E-state index contributed by atoms with van der Waals surface area (Å²) >= 11 is 1.41. The van der Waals surface area contributed by atoms with Crippen molar-refractivity contribution < 1.29 is 14.3 Å². The van der Waals surface area contributed by atoms with Crippen molar-refractivity contribution in [3.8, 4) is 0 Å². The number of aromatic amines is 1. The van der Waals surface area contributed by atoms with Crippen LogP contribution in [0.25, 0.3) is 11.0 Å². The quantitative estimate of drug-likeness (QED) is 0.375. The van der Waals surface area contributed by atoms with Gasteiger partial charge in [0.25, 0.3) is 0 Å². The molecule has 0 fully saturated rings. The van der Waals surface area contributed by atoms with E-state index in [0.29, 0.717) is 29.1 Å². The standard InChI is InChI=1S/C20H23N3O3S/c1-5-23-15-10-8-7-9-14(15)22-20(23)27-11-16(24)18-12(3)17(13(4)21-18)19(25)26-6-2/h7-10,21H,5-6,11H2,1-4H3. The molecule has 0 aliphatic rings. The van der Waals surface area contributed by atoms with E-state index in [9.17, 15) is 9.59 Å². The van der Waals surface area contributed by atoms with Gasteiger partial charge < -0.3 is 14.3 Å². The van der Waals surface area contributed by atoms with Crippen molar-refractivity contribution >= 4 is 34.5 Å². The first-order chi connectivity index (χ1) is 13.0. The number of esters is 1. The highest BCUT2D eigenvalue weighted by atomic mass is 32.2. The average molecular weight is 385 g/mol. The molecule has 1 N–H and O–H groups in total. The van der Waals surface area contributed by atoms with E-state index >= 15 is 0 Å². The second kappa shape index (κ2) is 8.00. The molecule has 3 aromatic rings. The number of hydrogen-bond donors (Lipinski definition) is 1. The minimum atomic E-state index is -0.400. The van der Waals surface area contributed by atoms with Gasteiger partial charge in [0.2, 0.25) is 0 Å². The zero-order chi connectivity index (χ0) is 19.6. The molecule has 0 radical (unpaired) electrons. The number of nitrogens with zero attached hydrogens (tertiary/aromatic N) is 2. The number of Topliss-reactive ketones (excluding diaryl/α,β-unsaturated/α-hetero) is 1. The maximum Gasteiger partial charge on any atom is 0.340 e. The molecule has 0 unspecified atom stereocenters. The second-order valence-electron chi connectivity index (χ2n) is 6.18. The maximum atomic E-state index is 12.8. The van der Waals surface area contributed by atoms with Crippen molar-refractivity contribution in [1.29, 1.82) is 0 Å². The second-order valence-corrected chi connectivity index (χ2v) is 7.13. The zero-order valence-corrected chi connectivity index (χ0v) is 16.8. The summed E-state index contributed by atoms with van der Waals surface area (Å²) in [5, 5.41) is 0.818. The summed E-state index contributed by atoms with van der Waals surface area (Å²) in [4.78, 5) is 32.6. The van der Waals surface area contributed by atoms with Crippen molar-refractivity contribution in [2.45, 2.75) is 39.4 Å². The Morgan fingerprint density at radius 3 is 2.67 bits per heavy atom. The Bertz CT molecular complexity index is 1000. The number of nitrogens with one attached hydrogen (secondary N) is 1. The van der Waals surface area contributed by atoms with Crippen molar-refractivity contribution in [3.05, 3.63) is 46.8 Å². The number of imidazole rings is 1. The van der Waals surface area contributed by atoms with Gasteiger partial charge in [-0.15, -0.1) is 0 Å². The van der Waals surface area contributed by atoms with Gasteiger partial charge in [-0.25, -0.2) is 9.78 Å². The van der Waals surface area contributed by atoms with E-state index in [1.54, 1.807) is 20.8 Å². The molecular formula is C20H23N3O3S. The molecule has 0 saturated carbocycles. The van der Waals surface area contributed by atoms with Crippen LogP contribution in [0, 0.1) is 13.8 Å². The Balaban J connectivity index is 1.81. The molecule has 0 saturated heterocycles. The first-order valence-electron chi connectivity index (χ1n) is 8.95. The summed E-state index contributed by atoms with van der Waals surface area (Å²) in [6, 6.07) is 7.94. The lowest BCUT2D eigenvalue weighted by Crippen LogP contribution is -2.09. The highest BCUT2D eigenvalue weighted by molar-refractivity contribution is 7.99. The van der Waals surface area contributed by atoms with Crippen LogP contribution in [0.4, 0.5) is 0 Å². The number of carbonyl (C=O) groups is 2. The molecule has 0 spiro atoms. The number of carbonyl (C=O) groups excluding carboxylic acids is 2. The van der Waals surface area contributed by atoms with Gasteiger partial charge in [0.1, 0.15) is 0 Å². The van der Waals surface area contributed by atoms with Crippen molar-refractivity contribution in [2.75, 3.05) is 12.4 Å². The van der Waals surface area contributed by atoms with E-state index in [4.69, 9.17) is 4.74 Å². The van der Waals surface area contributed by atoms with Crippen LogP contribution < -0.4 is 0 Å². The van der Waals surface area contributed by atoms with E-state index in [1.165, 1.54) is 11.8 Å². The molecular weight excluding hydrogens is 362 g/mol. The molecule has 2 heterocycles. The van der Waals surface area contributed by atoms with E-state index in [-0.39, 0.29) is 11.5 Å². The number of H-pyrrole nitrogens is 1. The molecule has 0 aliphatic carbocycles. The number of ether oxygens (including phenoxy) is 1. The number of thioether (sulfide) groups is 1. The number of aromatic nitrogens is 3. The summed E-state index contributed by atoms with van der Waals surface area (Å²) in [5.74, 6) is -0.221. The van der Waals surface area contributed by atoms with E-state index in [1.807, 2.05) is 24.3 Å². The molecule has 7 heteroatoms. The van der Waals surface area contributed by atoms with Crippen LogP contribution in [0.15, 0.2) is 29.4 Å². The Labute approximate surface area is 162 Å². The van der Waals surface area contributed by atoms with E-state index < -0.39 is 5.97 Å². The maximum absolute atomic E-state index is 12.8. The van der Waals surface area contributed by atoms with Crippen LogP contribution in [-0.2, 0) is 11.3 Å². The third-order valence-electron chi connectivity index (χ3n) is 4.46. The molecule has 0 atom stereocenters. The van der Waals surface area contributed by atoms with Gasteiger partial charge in [0.15, 0.2) is 10.9 Å². The molecule has 6 nitrogen and oxygen atoms in total. The minimum absolute atomic E-state index is 0.0640. The zero-order valence-electron chi connectivity index (χ0n) is 16.0. The first kappa shape index (κ1) is 19.2. The molecule has 2 aromatic heterocycles. The Morgan fingerprint density at radius 1 is 1.22 bits per heavy atom. The number of benzene rings is 1. The van der Waals surface area contributed by atoms with Crippen LogP contribution in [0.2, 0.25) is 0 Å². The number of aryl methyl sites for hydroxylation is 2. The smallest absolute Gasteiger partial charge is 0.340 e. The van der Waals surface area contributed by atoms with Gasteiger partial charge in [-0.3, -0.25) is 4.79 Å². The first-order valence-corrected chi connectivity index (χ1v) is 9.94.